The number of carbonyl (C=O) groups is 1. The number of urea groups is 1. The standard InChI is InChI=1S/C17H25BrN2O2/c1-3-22-16-8-10-20(11-9-16)17(21)19-13(2)12-14-4-6-15(18)7-5-14/h4-7,13,16H,3,8-12H2,1-2H3,(H,19,21)/t13-/m0/s1. The van der Waals surface area contributed by atoms with E-state index < -0.39 is 0 Å². The smallest absolute Gasteiger partial charge is 0.317 e. The lowest BCUT2D eigenvalue weighted by Crippen LogP contribution is -2.48. The Morgan fingerprint density at radius 3 is 2.59 bits per heavy atom. The molecule has 0 radical (unpaired) electrons. The van der Waals surface area contributed by atoms with Crippen LogP contribution in [0.4, 0.5) is 4.79 Å². The van der Waals surface area contributed by atoms with E-state index in [2.05, 4.69) is 33.4 Å². The van der Waals surface area contributed by atoms with E-state index in [9.17, 15) is 4.79 Å². The molecule has 1 atom stereocenters. The van der Waals surface area contributed by atoms with Crippen LogP contribution >= 0.6 is 15.9 Å². The van der Waals surface area contributed by atoms with E-state index in [0.717, 1.165) is 43.4 Å². The number of hydrogen-bond acceptors (Lipinski definition) is 2. The number of hydrogen-bond donors (Lipinski definition) is 1. The van der Waals surface area contributed by atoms with Gasteiger partial charge in [0.05, 0.1) is 6.10 Å². The Kier molecular flexibility index (Phi) is 6.70. The summed E-state index contributed by atoms with van der Waals surface area (Å²) >= 11 is 3.43. The summed E-state index contributed by atoms with van der Waals surface area (Å²) in [5.74, 6) is 0. The highest BCUT2D eigenvalue weighted by Crippen LogP contribution is 2.15. The van der Waals surface area contributed by atoms with Crippen LogP contribution in [0.3, 0.4) is 0 Å². The molecule has 1 aromatic carbocycles. The van der Waals surface area contributed by atoms with Crippen molar-refractivity contribution in [2.75, 3.05) is 19.7 Å². The first-order chi connectivity index (χ1) is 10.6. The maximum absolute atomic E-state index is 12.3. The van der Waals surface area contributed by atoms with Crippen molar-refractivity contribution in [1.29, 1.82) is 0 Å². The van der Waals surface area contributed by atoms with Crippen molar-refractivity contribution < 1.29 is 9.53 Å². The summed E-state index contributed by atoms with van der Waals surface area (Å²) in [6, 6.07) is 8.39. The Morgan fingerprint density at radius 2 is 2.00 bits per heavy atom. The number of halogens is 1. The quantitative estimate of drug-likeness (QED) is 0.862. The molecule has 22 heavy (non-hydrogen) atoms. The molecule has 1 aliphatic rings. The number of piperidine rings is 1. The second-order valence-electron chi connectivity index (χ2n) is 5.82. The molecule has 5 heteroatoms. The Balaban J connectivity index is 1.75. The molecule has 1 aliphatic heterocycles. The minimum Gasteiger partial charge on any atom is -0.378 e. The van der Waals surface area contributed by atoms with Crippen LogP contribution in [-0.2, 0) is 11.2 Å². The van der Waals surface area contributed by atoms with E-state index >= 15 is 0 Å². The van der Waals surface area contributed by atoms with E-state index in [1.807, 2.05) is 30.9 Å². The van der Waals surface area contributed by atoms with Crippen molar-refractivity contribution in [3.05, 3.63) is 34.3 Å². The zero-order chi connectivity index (χ0) is 15.9. The van der Waals surface area contributed by atoms with Gasteiger partial charge in [0.2, 0.25) is 0 Å². The topological polar surface area (TPSA) is 41.6 Å². The fourth-order valence-corrected chi connectivity index (χ4v) is 3.05. The van der Waals surface area contributed by atoms with E-state index in [1.54, 1.807) is 0 Å². The van der Waals surface area contributed by atoms with Crippen LogP contribution in [-0.4, -0.2) is 42.8 Å². The molecule has 1 heterocycles. The maximum atomic E-state index is 12.3. The van der Waals surface area contributed by atoms with Crippen LogP contribution in [0.15, 0.2) is 28.7 Å². The predicted molar refractivity (Wildman–Crippen MR) is 92.1 cm³/mol. The van der Waals surface area contributed by atoms with E-state index in [-0.39, 0.29) is 12.1 Å². The van der Waals surface area contributed by atoms with Crippen LogP contribution < -0.4 is 5.32 Å². The molecule has 4 nitrogen and oxygen atoms in total. The van der Waals surface area contributed by atoms with Gasteiger partial charge in [0.1, 0.15) is 0 Å². The average molecular weight is 369 g/mol. The maximum Gasteiger partial charge on any atom is 0.317 e. The van der Waals surface area contributed by atoms with E-state index in [0.29, 0.717) is 6.10 Å². The highest BCUT2D eigenvalue weighted by Gasteiger charge is 2.23. The number of rotatable bonds is 5. The molecule has 0 spiro atoms. The summed E-state index contributed by atoms with van der Waals surface area (Å²) in [6.45, 7) is 6.37. The third-order valence-electron chi connectivity index (χ3n) is 3.96. The molecule has 1 saturated heterocycles. The van der Waals surface area contributed by atoms with Crippen LogP contribution in [0.25, 0.3) is 0 Å². The van der Waals surface area contributed by atoms with Gasteiger partial charge in [-0.3, -0.25) is 0 Å². The number of carbonyl (C=O) groups excluding carboxylic acids is 1. The van der Waals surface area contributed by atoms with Crippen molar-refractivity contribution in [2.24, 2.45) is 0 Å². The summed E-state index contributed by atoms with van der Waals surface area (Å²) in [5, 5.41) is 3.09. The lowest BCUT2D eigenvalue weighted by Gasteiger charge is -2.32. The van der Waals surface area contributed by atoms with Crippen molar-refractivity contribution in [2.45, 2.75) is 45.3 Å². The molecular weight excluding hydrogens is 344 g/mol. The van der Waals surface area contributed by atoms with Crippen molar-refractivity contribution in [3.8, 4) is 0 Å². The number of likely N-dealkylation sites (tertiary alicyclic amines) is 1. The van der Waals surface area contributed by atoms with Gasteiger partial charge in [-0.05, 0) is 50.8 Å². The fourth-order valence-electron chi connectivity index (χ4n) is 2.79. The number of amides is 2. The highest BCUT2D eigenvalue weighted by molar-refractivity contribution is 9.10. The van der Waals surface area contributed by atoms with Crippen molar-refractivity contribution in [1.82, 2.24) is 10.2 Å². The van der Waals surface area contributed by atoms with Gasteiger partial charge in [-0.25, -0.2) is 4.79 Å². The van der Waals surface area contributed by atoms with Crippen LogP contribution in [0.5, 0.6) is 0 Å². The van der Waals surface area contributed by atoms with Crippen LogP contribution in [0, 0.1) is 0 Å². The van der Waals surface area contributed by atoms with Gasteiger partial charge in [0.25, 0.3) is 0 Å². The molecule has 0 aromatic heterocycles. The minimum atomic E-state index is 0.0413. The molecule has 1 aromatic rings. The second-order valence-corrected chi connectivity index (χ2v) is 6.74. The van der Waals surface area contributed by atoms with Gasteiger partial charge in [0.15, 0.2) is 0 Å². The number of nitrogens with zero attached hydrogens (tertiary/aromatic N) is 1. The highest BCUT2D eigenvalue weighted by atomic mass is 79.9. The SMILES string of the molecule is CCOC1CCN(C(=O)N[C@@H](C)Cc2ccc(Br)cc2)CC1. The third kappa shape index (κ3) is 5.29. The first-order valence-electron chi connectivity index (χ1n) is 8.00. The summed E-state index contributed by atoms with van der Waals surface area (Å²) in [7, 11) is 0. The summed E-state index contributed by atoms with van der Waals surface area (Å²) in [4.78, 5) is 14.2. The first kappa shape index (κ1) is 17.3. The zero-order valence-electron chi connectivity index (χ0n) is 13.3. The van der Waals surface area contributed by atoms with Gasteiger partial charge in [0, 0.05) is 30.2 Å². The fraction of sp³-hybridized carbons (Fsp3) is 0.588. The number of benzene rings is 1. The molecule has 0 aliphatic carbocycles. The van der Waals surface area contributed by atoms with E-state index in [4.69, 9.17) is 4.74 Å². The van der Waals surface area contributed by atoms with Gasteiger partial charge in [-0.15, -0.1) is 0 Å². The molecule has 2 rings (SSSR count). The molecule has 0 unspecified atom stereocenters. The van der Waals surface area contributed by atoms with Gasteiger partial charge >= 0.3 is 6.03 Å². The molecule has 122 valence electrons. The number of ether oxygens (including phenoxy) is 1. The van der Waals surface area contributed by atoms with Crippen LogP contribution in [0.1, 0.15) is 32.3 Å². The average Bonchev–Trinajstić information content (AvgIpc) is 2.50. The Labute approximate surface area is 141 Å². The van der Waals surface area contributed by atoms with Crippen LogP contribution in [0.2, 0.25) is 0 Å². The Morgan fingerprint density at radius 1 is 1.36 bits per heavy atom. The zero-order valence-corrected chi connectivity index (χ0v) is 14.9. The predicted octanol–water partition coefficient (Wildman–Crippen LogP) is 3.59. The second kappa shape index (κ2) is 8.53. The molecule has 0 saturated carbocycles. The molecule has 2 amide bonds. The molecular formula is C17H25BrN2O2. The third-order valence-corrected chi connectivity index (χ3v) is 4.49. The van der Waals surface area contributed by atoms with E-state index in [1.165, 1.54) is 5.56 Å². The molecule has 1 fully saturated rings. The lowest BCUT2D eigenvalue weighted by molar-refractivity contribution is 0.0218. The summed E-state index contributed by atoms with van der Waals surface area (Å²) in [6.07, 6.45) is 3.02. The van der Waals surface area contributed by atoms with Gasteiger partial charge in [-0.1, -0.05) is 28.1 Å². The monoisotopic (exact) mass is 368 g/mol. The normalized spacial score (nSPS) is 17.3. The number of nitrogens with one attached hydrogen (secondary N) is 1. The Bertz CT molecular complexity index is 470. The summed E-state index contributed by atoms with van der Waals surface area (Å²) < 4.78 is 6.69. The largest absolute Gasteiger partial charge is 0.378 e. The first-order valence-corrected chi connectivity index (χ1v) is 8.79. The van der Waals surface area contributed by atoms with Gasteiger partial charge < -0.3 is 15.0 Å². The van der Waals surface area contributed by atoms with Crippen molar-refractivity contribution >= 4 is 22.0 Å². The lowest BCUT2D eigenvalue weighted by atomic mass is 10.1. The summed E-state index contributed by atoms with van der Waals surface area (Å²) in [5.41, 5.74) is 1.23. The minimum absolute atomic E-state index is 0.0413. The molecule has 0 bridgehead atoms. The van der Waals surface area contributed by atoms with Gasteiger partial charge in [-0.2, -0.15) is 0 Å². The van der Waals surface area contributed by atoms with Crippen molar-refractivity contribution in [3.63, 3.8) is 0 Å². The molecule has 1 N–H and O–H groups in total. The Hall–Kier alpha value is -1.07.